The Morgan fingerprint density at radius 3 is 2.78 bits per heavy atom. The molecule has 1 atom stereocenters. The summed E-state index contributed by atoms with van der Waals surface area (Å²) in [6, 6.07) is 10.7. The van der Waals surface area contributed by atoms with E-state index in [-0.39, 0.29) is 18.3 Å². The number of carbonyl (C=O) groups excluding carboxylic acids is 1. The van der Waals surface area contributed by atoms with Crippen molar-refractivity contribution in [3.05, 3.63) is 35.9 Å². The normalized spacial score (nSPS) is 18.1. The number of hydrogen-bond donors (Lipinski definition) is 2. The van der Waals surface area contributed by atoms with E-state index in [2.05, 4.69) is 22.8 Å². The standard InChI is InChI=1S/C14H20N2O.ClH/c17-14(16-13-9-10-15-11-13)8-4-7-12-5-2-1-3-6-12;/h1-3,5-6,13,15H,4,7-11H2,(H,16,17);1H. The van der Waals surface area contributed by atoms with Crippen molar-refractivity contribution >= 4 is 18.3 Å². The van der Waals surface area contributed by atoms with Crippen LogP contribution in [0.2, 0.25) is 0 Å². The quantitative estimate of drug-likeness (QED) is 0.857. The molecule has 4 heteroatoms. The summed E-state index contributed by atoms with van der Waals surface area (Å²) in [5, 5.41) is 6.31. The molecule has 0 saturated carbocycles. The van der Waals surface area contributed by atoms with E-state index in [4.69, 9.17) is 0 Å². The Hall–Kier alpha value is -1.06. The molecule has 18 heavy (non-hydrogen) atoms. The smallest absolute Gasteiger partial charge is 0.220 e. The van der Waals surface area contributed by atoms with Gasteiger partial charge in [-0.15, -0.1) is 12.4 Å². The molecule has 1 heterocycles. The number of amides is 1. The van der Waals surface area contributed by atoms with E-state index >= 15 is 0 Å². The van der Waals surface area contributed by atoms with Crippen LogP contribution in [-0.2, 0) is 11.2 Å². The zero-order valence-electron chi connectivity index (χ0n) is 10.5. The molecule has 1 aliphatic rings. The Kier molecular flexibility index (Phi) is 6.76. The molecule has 1 aliphatic heterocycles. The fourth-order valence-corrected chi connectivity index (χ4v) is 2.18. The van der Waals surface area contributed by atoms with Crippen LogP contribution in [0.1, 0.15) is 24.8 Å². The van der Waals surface area contributed by atoms with Gasteiger partial charge < -0.3 is 10.6 Å². The van der Waals surface area contributed by atoms with Gasteiger partial charge in [-0.05, 0) is 31.4 Å². The van der Waals surface area contributed by atoms with Gasteiger partial charge in [-0.1, -0.05) is 30.3 Å². The number of hydrogen-bond acceptors (Lipinski definition) is 2. The van der Waals surface area contributed by atoms with Crippen LogP contribution < -0.4 is 10.6 Å². The number of halogens is 1. The molecule has 1 aromatic rings. The molecule has 1 unspecified atom stereocenters. The topological polar surface area (TPSA) is 41.1 Å². The second-order valence-electron chi connectivity index (χ2n) is 4.60. The lowest BCUT2D eigenvalue weighted by atomic mass is 10.1. The van der Waals surface area contributed by atoms with Crippen molar-refractivity contribution in [2.45, 2.75) is 31.7 Å². The average molecular weight is 269 g/mol. The van der Waals surface area contributed by atoms with E-state index in [9.17, 15) is 4.79 Å². The number of benzene rings is 1. The molecule has 0 radical (unpaired) electrons. The molecular formula is C14H21ClN2O. The molecule has 3 nitrogen and oxygen atoms in total. The van der Waals surface area contributed by atoms with Gasteiger partial charge in [0.1, 0.15) is 0 Å². The van der Waals surface area contributed by atoms with E-state index in [1.54, 1.807) is 0 Å². The van der Waals surface area contributed by atoms with Crippen LogP contribution in [-0.4, -0.2) is 25.0 Å². The van der Waals surface area contributed by atoms with E-state index in [1.165, 1.54) is 5.56 Å². The molecule has 1 aromatic carbocycles. The first kappa shape index (κ1) is 15.0. The Bertz CT molecular complexity index is 350. The van der Waals surface area contributed by atoms with E-state index in [0.717, 1.165) is 32.4 Å². The van der Waals surface area contributed by atoms with Gasteiger partial charge in [0.25, 0.3) is 0 Å². The summed E-state index contributed by atoms with van der Waals surface area (Å²) in [5.74, 6) is 0.189. The van der Waals surface area contributed by atoms with Gasteiger partial charge in [0.05, 0.1) is 0 Å². The van der Waals surface area contributed by atoms with E-state index in [0.29, 0.717) is 12.5 Å². The van der Waals surface area contributed by atoms with Crippen LogP contribution in [0.5, 0.6) is 0 Å². The Balaban J connectivity index is 0.00000162. The second-order valence-corrected chi connectivity index (χ2v) is 4.60. The summed E-state index contributed by atoms with van der Waals surface area (Å²) >= 11 is 0. The average Bonchev–Trinajstić information content (AvgIpc) is 2.83. The first-order chi connectivity index (χ1) is 8.34. The zero-order chi connectivity index (χ0) is 11.9. The van der Waals surface area contributed by atoms with Crippen LogP contribution in [0.25, 0.3) is 0 Å². The molecule has 0 aliphatic carbocycles. The Labute approximate surface area is 115 Å². The lowest BCUT2D eigenvalue weighted by Gasteiger charge is -2.10. The molecule has 1 fully saturated rings. The van der Waals surface area contributed by atoms with Gasteiger partial charge in [-0.2, -0.15) is 0 Å². The molecule has 100 valence electrons. The lowest BCUT2D eigenvalue weighted by Crippen LogP contribution is -2.36. The SMILES string of the molecule is Cl.O=C(CCCc1ccccc1)NC1CCNC1. The second kappa shape index (κ2) is 8.11. The fourth-order valence-electron chi connectivity index (χ4n) is 2.18. The number of carbonyl (C=O) groups is 1. The summed E-state index contributed by atoms with van der Waals surface area (Å²) in [4.78, 5) is 11.7. The maximum Gasteiger partial charge on any atom is 0.220 e. The first-order valence-electron chi connectivity index (χ1n) is 6.38. The molecule has 0 spiro atoms. The third-order valence-corrected chi connectivity index (χ3v) is 3.14. The fraction of sp³-hybridized carbons (Fsp3) is 0.500. The minimum absolute atomic E-state index is 0. The predicted octanol–water partition coefficient (Wildman–Crippen LogP) is 1.91. The molecule has 2 N–H and O–H groups in total. The molecule has 1 saturated heterocycles. The van der Waals surface area contributed by atoms with Crippen molar-refractivity contribution < 1.29 is 4.79 Å². The molecular weight excluding hydrogens is 248 g/mol. The Morgan fingerprint density at radius 2 is 2.11 bits per heavy atom. The predicted molar refractivity (Wildman–Crippen MR) is 76.0 cm³/mol. The van der Waals surface area contributed by atoms with E-state index < -0.39 is 0 Å². The number of rotatable bonds is 5. The third-order valence-electron chi connectivity index (χ3n) is 3.14. The minimum atomic E-state index is 0. The van der Waals surface area contributed by atoms with Crippen LogP contribution in [0.4, 0.5) is 0 Å². The minimum Gasteiger partial charge on any atom is -0.352 e. The molecule has 1 amide bonds. The largest absolute Gasteiger partial charge is 0.352 e. The molecule has 0 bridgehead atoms. The summed E-state index contributed by atoms with van der Waals surface area (Å²) in [6.07, 6.45) is 3.60. The highest BCUT2D eigenvalue weighted by Gasteiger charge is 2.15. The lowest BCUT2D eigenvalue weighted by molar-refractivity contribution is -0.121. The van der Waals surface area contributed by atoms with Gasteiger partial charge in [0.2, 0.25) is 5.91 Å². The summed E-state index contributed by atoms with van der Waals surface area (Å²) in [5.41, 5.74) is 1.31. The summed E-state index contributed by atoms with van der Waals surface area (Å²) < 4.78 is 0. The van der Waals surface area contributed by atoms with Gasteiger partial charge in [0.15, 0.2) is 0 Å². The van der Waals surface area contributed by atoms with Crippen molar-refractivity contribution in [3.63, 3.8) is 0 Å². The molecule has 0 aromatic heterocycles. The highest BCUT2D eigenvalue weighted by Crippen LogP contribution is 2.05. The summed E-state index contributed by atoms with van der Waals surface area (Å²) in [6.45, 7) is 1.94. The van der Waals surface area contributed by atoms with Crippen molar-refractivity contribution in [1.29, 1.82) is 0 Å². The molecule has 2 rings (SSSR count). The van der Waals surface area contributed by atoms with Gasteiger partial charge in [-0.25, -0.2) is 0 Å². The highest BCUT2D eigenvalue weighted by atomic mass is 35.5. The summed E-state index contributed by atoms with van der Waals surface area (Å²) in [7, 11) is 0. The monoisotopic (exact) mass is 268 g/mol. The van der Waals surface area contributed by atoms with Crippen LogP contribution in [0.3, 0.4) is 0 Å². The van der Waals surface area contributed by atoms with Crippen molar-refractivity contribution in [2.75, 3.05) is 13.1 Å². The van der Waals surface area contributed by atoms with Crippen molar-refractivity contribution in [2.24, 2.45) is 0 Å². The van der Waals surface area contributed by atoms with Crippen LogP contribution >= 0.6 is 12.4 Å². The van der Waals surface area contributed by atoms with E-state index in [1.807, 2.05) is 18.2 Å². The maximum absolute atomic E-state index is 11.7. The third kappa shape index (κ3) is 5.07. The van der Waals surface area contributed by atoms with Gasteiger partial charge in [0, 0.05) is 19.0 Å². The Morgan fingerprint density at radius 1 is 1.33 bits per heavy atom. The highest BCUT2D eigenvalue weighted by molar-refractivity contribution is 5.85. The van der Waals surface area contributed by atoms with Gasteiger partial charge in [-0.3, -0.25) is 4.79 Å². The first-order valence-corrected chi connectivity index (χ1v) is 6.38. The van der Waals surface area contributed by atoms with Gasteiger partial charge >= 0.3 is 0 Å². The maximum atomic E-state index is 11.7. The van der Waals surface area contributed by atoms with Crippen LogP contribution in [0.15, 0.2) is 30.3 Å². The number of aryl methyl sites for hydroxylation is 1. The zero-order valence-corrected chi connectivity index (χ0v) is 11.3. The van der Waals surface area contributed by atoms with Crippen molar-refractivity contribution in [1.82, 2.24) is 10.6 Å². The van der Waals surface area contributed by atoms with Crippen LogP contribution in [0, 0.1) is 0 Å². The van der Waals surface area contributed by atoms with Crippen molar-refractivity contribution in [3.8, 4) is 0 Å². The number of nitrogens with one attached hydrogen (secondary N) is 2.